The van der Waals surface area contributed by atoms with Crippen LogP contribution in [0.4, 0.5) is 0 Å². The third-order valence-electron chi connectivity index (χ3n) is 5.01. The molecule has 0 aliphatic carbocycles. The Bertz CT molecular complexity index is 863. The fourth-order valence-electron chi connectivity index (χ4n) is 3.45. The molecule has 0 bridgehead atoms. The number of nitrogens with zero attached hydrogens (tertiary/aromatic N) is 1. The van der Waals surface area contributed by atoms with Gasteiger partial charge in [0.2, 0.25) is 18.6 Å². The maximum absolute atomic E-state index is 12.7. The molecular formula is C21H22N2O4. The number of fused-ring (bicyclic) bond motifs is 1. The third-order valence-corrected chi connectivity index (χ3v) is 5.01. The van der Waals surface area contributed by atoms with Crippen LogP contribution in [0.2, 0.25) is 0 Å². The quantitative estimate of drug-likeness (QED) is 0.883. The van der Waals surface area contributed by atoms with E-state index >= 15 is 0 Å². The molecule has 1 atom stereocenters. The number of benzene rings is 2. The first-order valence-electron chi connectivity index (χ1n) is 9.11. The Labute approximate surface area is 158 Å². The Morgan fingerprint density at radius 2 is 1.85 bits per heavy atom. The zero-order chi connectivity index (χ0) is 18.8. The number of hydrogen-bond acceptors (Lipinski definition) is 4. The van der Waals surface area contributed by atoms with Crippen LogP contribution in [0, 0.1) is 6.92 Å². The highest BCUT2D eigenvalue weighted by atomic mass is 16.7. The molecule has 2 aliphatic heterocycles. The fourth-order valence-corrected chi connectivity index (χ4v) is 3.45. The lowest BCUT2D eigenvalue weighted by Gasteiger charge is -2.24. The SMILES string of the molecule is Cc1ccc(CN2C(=O)CC[C@H]2C(=O)NCc2ccc3c(c2)OCO3)cc1. The number of carbonyl (C=O) groups is 2. The van der Waals surface area contributed by atoms with Gasteiger partial charge in [0, 0.05) is 19.5 Å². The van der Waals surface area contributed by atoms with E-state index in [1.54, 1.807) is 4.90 Å². The number of amides is 2. The van der Waals surface area contributed by atoms with E-state index in [0.717, 1.165) is 16.9 Å². The van der Waals surface area contributed by atoms with Gasteiger partial charge in [-0.3, -0.25) is 9.59 Å². The molecule has 6 heteroatoms. The second-order valence-electron chi connectivity index (χ2n) is 6.97. The lowest BCUT2D eigenvalue weighted by molar-refractivity contribution is -0.135. The predicted molar refractivity (Wildman–Crippen MR) is 99.2 cm³/mol. The number of carbonyl (C=O) groups excluding carboxylic acids is 2. The number of likely N-dealkylation sites (tertiary alicyclic amines) is 1. The van der Waals surface area contributed by atoms with Crippen LogP contribution in [0.15, 0.2) is 42.5 Å². The van der Waals surface area contributed by atoms with Crippen LogP contribution in [0.1, 0.15) is 29.5 Å². The molecule has 0 aromatic heterocycles. The molecule has 2 heterocycles. The van der Waals surface area contributed by atoms with Gasteiger partial charge in [0.1, 0.15) is 6.04 Å². The molecular weight excluding hydrogens is 344 g/mol. The molecule has 1 saturated heterocycles. The van der Waals surface area contributed by atoms with Crippen molar-refractivity contribution in [1.82, 2.24) is 10.2 Å². The van der Waals surface area contributed by atoms with Gasteiger partial charge >= 0.3 is 0 Å². The van der Waals surface area contributed by atoms with Gasteiger partial charge < -0.3 is 19.7 Å². The summed E-state index contributed by atoms with van der Waals surface area (Å²) in [4.78, 5) is 26.7. The summed E-state index contributed by atoms with van der Waals surface area (Å²) in [5.74, 6) is 1.32. The van der Waals surface area contributed by atoms with Crippen molar-refractivity contribution in [1.29, 1.82) is 0 Å². The zero-order valence-corrected chi connectivity index (χ0v) is 15.2. The summed E-state index contributed by atoms with van der Waals surface area (Å²) in [5, 5.41) is 2.95. The molecule has 0 unspecified atom stereocenters. The summed E-state index contributed by atoms with van der Waals surface area (Å²) in [6.45, 7) is 3.10. The highest BCUT2D eigenvalue weighted by molar-refractivity contribution is 5.90. The van der Waals surface area contributed by atoms with Gasteiger partial charge in [-0.2, -0.15) is 0 Å². The average Bonchev–Trinajstić information content (AvgIpc) is 3.28. The monoisotopic (exact) mass is 366 g/mol. The molecule has 4 rings (SSSR count). The van der Waals surface area contributed by atoms with Crippen molar-refractivity contribution < 1.29 is 19.1 Å². The normalized spacial score (nSPS) is 18.0. The summed E-state index contributed by atoms with van der Waals surface area (Å²) in [5.41, 5.74) is 3.14. The lowest BCUT2D eigenvalue weighted by Crippen LogP contribution is -2.44. The van der Waals surface area contributed by atoms with E-state index in [9.17, 15) is 9.59 Å². The Kier molecular flexibility index (Phi) is 4.71. The molecule has 0 saturated carbocycles. The number of rotatable bonds is 5. The first-order chi connectivity index (χ1) is 13.1. The molecule has 0 spiro atoms. The summed E-state index contributed by atoms with van der Waals surface area (Å²) in [6, 6.07) is 13.2. The first kappa shape index (κ1) is 17.4. The second kappa shape index (κ2) is 7.31. The third kappa shape index (κ3) is 3.74. The van der Waals surface area contributed by atoms with E-state index in [0.29, 0.717) is 31.7 Å². The summed E-state index contributed by atoms with van der Waals surface area (Å²) >= 11 is 0. The Morgan fingerprint density at radius 1 is 1.11 bits per heavy atom. The summed E-state index contributed by atoms with van der Waals surface area (Å²) in [7, 11) is 0. The van der Waals surface area contributed by atoms with Crippen molar-refractivity contribution >= 4 is 11.8 Å². The Morgan fingerprint density at radius 3 is 2.67 bits per heavy atom. The highest BCUT2D eigenvalue weighted by Crippen LogP contribution is 2.32. The molecule has 2 aromatic carbocycles. The molecule has 1 fully saturated rings. The van der Waals surface area contributed by atoms with Gasteiger partial charge in [-0.1, -0.05) is 35.9 Å². The van der Waals surface area contributed by atoms with E-state index < -0.39 is 6.04 Å². The molecule has 2 aliphatic rings. The van der Waals surface area contributed by atoms with Gasteiger partial charge in [0.15, 0.2) is 11.5 Å². The first-order valence-corrected chi connectivity index (χ1v) is 9.11. The maximum Gasteiger partial charge on any atom is 0.243 e. The minimum absolute atomic E-state index is 0.0267. The number of nitrogens with one attached hydrogen (secondary N) is 1. The van der Waals surface area contributed by atoms with E-state index in [2.05, 4.69) is 5.32 Å². The number of ether oxygens (including phenoxy) is 2. The molecule has 2 amide bonds. The van der Waals surface area contributed by atoms with Crippen molar-refractivity contribution in [3.05, 3.63) is 59.2 Å². The van der Waals surface area contributed by atoms with Gasteiger partial charge in [-0.25, -0.2) is 0 Å². The van der Waals surface area contributed by atoms with E-state index in [1.165, 1.54) is 5.56 Å². The van der Waals surface area contributed by atoms with Crippen molar-refractivity contribution in [2.24, 2.45) is 0 Å². The maximum atomic E-state index is 12.7. The number of hydrogen-bond donors (Lipinski definition) is 1. The van der Waals surface area contributed by atoms with Crippen molar-refractivity contribution in [3.63, 3.8) is 0 Å². The van der Waals surface area contributed by atoms with Crippen molar-refractivity contribution in [2.75, 3.05) is 6.79 Å². The van der Waals surface area contributed by atoms with Gasteiger partial charge in [0.05, 0.1) is 0 Å². The largest absolute Gasteiger partial charge is 0.454 e. The van der Waals surface area contributed by atoms with Gasteiger partial charge in [-0.15, -0.1) is 0 Å². The van der Waals surface area contributed by atoms with Crippen LogP contribution in [0.25, 0.3) is 0 Å². The standard InChI is InChI=1S/C21H22N2O4/c1-14-2-4-15(5-3-14)12-23-17(7-9-20(23)24)21(25)22-11-16-6-8-18-19(10-16)27-13-26-18/h2-6,8,10,17H,7,9,11-13H2,1H3,(H,22,25)/t17-/m0/s1. The molecule has 2 aromatic rings. The summed E-state index contributed by atoms with van der Waals surface area (Å²) < 4.78 is 10.7. The lowest BCUT2D eigenvalue weighted by atomic mass is 10.1. The molecule has 1 N–H and O–H groups in total. The van der Waals surface area contributed by atoms with Gasteiger partial charge in [-0.05, 0) is 36.6 Å². The molecule has 27 heavy (non-hydrogen) atoms. The second-order valence-corrected chi connectivity index (χ2v) is 6.97. The average molecular weight is 366 g/mol. The van der Waals surface area contributed by atoms with Crippen LogP contribution in [-0.2, 0) is 22.7 Å². The fraction of sp³-hybridized carbons (Fsp3) is 0.333. The van der Waals surface area contributed by atoms with Crippen LogP contribution < -0.4 is 14.8 Å². The zero-order valence-electron chi connectivity index (χ0n) is 15.2. The minimum Gasteiger partial charge on any atom is -0.454 e. The molecule has 140 valence electrons. The van der Waals surface area contributed by atoms with Gasteiger partial charge in [0.25, 0.3) is 0 Å². The Hall–Kier alpha value is -3.02. The van der Waals surface area contributed by atoms with E-state index in [-0.39, 0.29) is 18.6 Å². The van der Waals surface area contributed by atoms with Crippen LogP contribution >= 0.6 is 0 Å². The Balaban J connectivity index is 1.39. The topological polar surface area (TPSA) is 67.9 Å². The van der Waals surface area contributed by atoms with Crippen LogP contribution in [0.5, 0.6) is 11.5 Å². The summed E-state index contributed by atoms with van der Waals surface area (Å²) in [6.07, 6.45) is 0.964. The smallest absolute Gasteiger partial charge is 0.243 e. The molecule has 0 radical (unpaired) electrons. The number of aryl methyl sites for hydroxylation is 1. The molecule has 6 nitrogen and oxygen atoms in total. The van der Waals surface area contributed by atoms with Crippen molar-refractivity contribution in [3.8, 4) is 11.5 Å². The van der Waals surface area contributed by atoms with Crippen molar-refractivity contribution in [2.45, 2.75) is 38.9 Å². The van der Waals surface area contributed by atoms with Crippen LogP contribution in [0.3, 0.4) is 0 Å². The van der Waals surface area contributed by atoms with E-state index in [4.69, 9.17) is 9.47 Å². The van der Waals surface area contributed by atoms with E-state index in [1.807, 2.05) is 49.4 Å². The highest BCUT2D eigenvalue weighted by Gasteiger charge is 2.35. The van der Waals surface area contributed by atoms with Crippen LogP contribution in [-0.4, -0.2) is 29.5 Å². The minimum atomic E-state index is -0.423. The predicted octanol–water partition coefficient (Wildman–Crippen LogP) is 2.53.